The summed E-state index contributed by atoms with van der Waals surface area (Å²) in [4.78, 5) is 0. The summed E-state index contributed by atoms with van der Waals surface area (Å²) in [6.45, 7) is 0. The third-order valence-corrected chi connectivity index (χ3v) is 3.88. The van der Waals surface area contributed by atoms with Gasteiger partial charge in [0.15, 0.2) is 0 Å². The number of hydrogen-bond donors (Lipinski definition) is 0. The van der Waals surface area contributed by atoms with Crippen LogP contribution in [-0.2, 0) is 15.9 Å². The number of rotatable bonds is 4. The average molecular weight is 345 g/mol. The Labute approximate surface area is 119 Å². The third-order valence-electron chi connectivity index (χ3n) is 2.25. The fourth-order valence-electron chi connectivity index (χ4n) is 1.53. The first-order valence-corrected chi connectivity index (χ1v) is 7.74. The van der Waals surface area contributed by atoms with E-state index < -0.39 is 15.9 Å². The molecule has 0 aromatic heterocycles. The smallest absolute Gasteiger partial charge is 0.313 e. The van der Waals surface area contributed by atoms with Crippen molar-refractivity contribution in [2.75, 3.05) is 0 Å². The van der Waals surface area contributed by atoms with E-state index in [-0.39, 0.29) is 11.5 Å². The molecule has 0 saturated heterocycles. The summed E-state index contributed by atoms with van der Waals surface area (Å²) in [5, 5.41) is 0. The van der Waals surface area contributed by atoms with Gasteiger partial charge in [-0.25, -0.2) is 4.39 Å². The van der Waals surface area contributed by atoms with E-state index in [9.17, 15) is 12.8 Å². The van der Waals surface area contributed by atoms with Gasteiger partial charge in [-0.05, 0) is 35.9 Å². The minimum atomic E-state index is -3.81. The van der Waals surface area contributed by atoms with Gasteiger partial charge in [-0.3, -0.25) is 0 Å². The summed E-state index contributed by atoms with van der Waals surface area (Å²) < 4.78 is 42.3. The van der Waals surface area contributed by atoms with Gasteiger partial charge >= 0.3 is 10.1 Å². The van der Waals surface area contributed by atoms with Crippen LogP contribution in [0.1, 0.15) is 5.56 Å². The molecule has 0 spiro atoms. The van der Waals surface area contributed by atoms with Crippen LogP contribution in [0.15, 0.2) is 53.0 Å². The number of benzene rings is 2. The van der Waals surface area contributed by atoms with Gasteiger partial charge in [0.1, 0.15) is 17.3 Å². The van der Waals surface area contributed by atoms with Crippen LogP contribution in [0.4, 0.5) is 4.39 Å². The van der Waals surface area contributed by atoms with Crippen molar-refractivity contribution in [2.24, 2.45) is 0 Å². The maximum atomic E-state index is 13.0. The van der Waals surface area contributed by atoms with Gasteiger partial charge in [0.05, 0.1) is 0 Å². The summed E-state index contributed by atoms with van der Waals surface area (Å²) in [5.41, 5.74) is 0.343. The first-order chi connectivity index (χ1) is 8.94. The Morgan fingerprint density at radius 3 is 2.53 bits per heavy atom. The molecule has 0 saturated carbocycles. The minimum absolute atomic E-state index is 0.214. The van der Waals surface area contributed by atoms with E-state index in [0.717, 1.165) is 0 Å². The van der Waals surface area contributed by atoms with Crippen LogP contribution in [0.25, 0.3) is 0 Å². The molecular formula is C13H10BrFO3S. The molecule has 2 aromatic carbocycles. The lowest BCUT2D eigenvalue weighted by Gasteiger charge is -2.07. The van der Waals surface area contributed by atoms with Crippen molar-refractivity contribution < 1.29 is 17.0 Å². The van der Waals surface area contributed by atoms with E-state index in [0.29, 0.717) is 10.0 Å². The molecule has 0 fully saturated rings. The Hall–Kier alpha value is -1.40. The molecule has 0 amide bonds. The van der Waals surface area contributed by atoms with Crippen LogP contribution in [-0.4, -0.2) is 8.42 Å². The van der Waals surface area contributed by atoms with E-state index in [1.807, 2.05) is 0 Å². The van der Waals surface area contributed by atoms with Crippen LogP contribution >= 0.6 is 15.9 Å². The van der Waals surface area contributed by atoms with Gasteiger partial charge in [-0.2, -0.15) is 8.42 Å². The monoisotopic (exact) mass is 344 g/mol. The van der Waals surface area contributed by atoms with E-state index in [1.165, 1.54) is 30.3 Å². The zero-order valence-corrected chi connectivity index (χ0v) is 12.1. The van der Waals surface area contributed by atoms with Crippen LogP contribution < -0.4 is 4.18 Å². The minimum Gasteiger partial charge on any atom is -0.382 e. The van der Waals surface area contributed by atoms with Crippen LogP contribution in [0.3, 0.4) is 0 Å². The fourth-order valence-corrected chi connectivity index (χ4v) is 2.95. The quantitative estimate of drug-likeness (QED) is 0.797. The first-order valence-electron chi connectivity index (χ1n) is 5.37. The first kappa shape index (κ1) is 14.0. The van der Waals surface area contributed by atoms with E-state index in [1.54, 1.807) is 18.2 Å². The third kappa shape index (κ3) is 4.33. The largest absolute Gasteiger partial charge is 0.382 e. The molecule has 3 nitrogen and oxygen atoms in total. The van der Waals surface area contributed by atoms with Gasteiger partial charge in [0, 0.05) is 4.47 Å². The topological polar surface area (TPSA) is 43.4 Å². The lowest BCUT2D eigenvalue weighted by atomic mass is 10.2. The highest BCUT2D eigenvalue weighted by molar-refractivity contribution is 9.10. The lowest BCUT2D eigenvalue weighted by molar-refractivity contribution is 0.485. The second-order valence-electron chi connectivity index (χ2n) is 3.87. The SMILES string of the molecule is O=S(=O)(Cc1cccc(F)c1)Oc1cccc(Br)c1. The molecule has 0 N–H and O–H groups in total. The van der Waals surface area contributed by atoms with Crippen molar-refractivity contribution in [3.05, 3.63) is 64.4 Å². The highest BCUT2D eigenvalue weighted by Gasteiger charge is 2.14. The second-order valence-corrected chi connectivity index (χ2v) is 6.36. The van der Waals surface area contributed by atoms with Crippen molar-refractivity contribution in [3.63, 3.8) is 0 Å². The van der Waals surface area contributed by atoms with E-state index in [2.05, 4.69) is 15.9 Å². The van der Waals surface area contributed by atoms with Crippen molar-refractivity contribution >= 4 is 26.0 Å². The predicted molar refractivity (Wildman–Crippen MR) is 73.8 cm³/mol. The molecular weight excluding hydrogens is 335 g/mol. The highest BCUT2D eigenvalue weighted by atomic mass is 79.9. The molecule has 100 valence electrons. The summed E-state index contributed by atoms with van der Waals surface area (Å²) in [5.74, 6) is -0.641. The molecule has 0 aliphatic rings. The molecule has 0 aliphatic carbocycles. The van der Waals surface area contributed by atoms with Gasteiger partial charge in [0.25, 0.3) is 0 Å². The van der Waals surface area contributed by atoms with Crippen LogP contribution in [0, 0.1) is 5.82 Å². The zero-order valence-electron chi connectivity index (χ0n) is 9.71. The van der Waals surface area contributed by atoms with Crippen molar-refractivity contribution in [2.45, 2.75) is 5.75 Å². The summed E-state index contributed by atoms with van der Waals surface area (Å²) in [7, 11) is -3.81. The summed E-state index contributed by atoms with van der Waals surface area (Å²) >= 11 is 3.22. The molecule has 2 aromatic rings. The second kappa shape index (κ2) is 5.71. The standard InChI is InChI=1S/C13H10BrFO3S/c14-11-4-2-6-13(8-11)18-19(16,17)9-10-3-1-5-12(15)7-10/h1-8H,9H2. The molecule has 0 unspecified atom stereocenters. The molecule has 0 radical (unpaired) electrons. The zero-order chi connectivity index (χ0) is 13.9. The van der Waals surface area contributed by atoms with Crippen molar-refractivity contribution in [1.29, 1.82) is 0 Å². The summed E-state index contributed by atoms with van der Waals surface area (Å²) in [6, 6.07) is 11.9. The van der Waals surface area contributed by atoms with Gasteiger partial charge < -0.3 is 4.18 Å². The molecule has 2 rings (SSSR count). The Balaban J connectivity index is 2.15. The summed E-state index contributed by atoms with van der Waals surface area (Å²) in [6.07, 6.45) is 0. The van der Waals surface area contributed by atoms with Gasteiger partial charge in [-0.15, -0.1) is 0 Å². The van der Waals surface area contributed by atoms with Gasteiger partial charge in [-0.1, -0.05) is 34.1 Å². The molecule has 6 heteroatoms. The van der Waals surface area contributed by atoms with Crippen molar-refractivity contribution in [1.82, 2.24) is 0 Å². The fraction of sp³-hybridized carbons (Fsp3) is 0.0769. The highest BCUT2D eigenvalue weighted by Crippen LogP contribution is 2.20. The lowest BCUT2D eigenvalue weighted by Crippen LogP contribution is -2.12. The van der Waals surface area contributed by atoms with E-state index >= 15 is 0 Å². The van der Waals surface area contributed by atoms with Crippen molar-refractivity contribution in [3.8, 4) is 5.75 Å². The number of halogens is 2. The molecule has 0 atom stereocenters. The Morgan fingerprint density at radius 2 is 1.84 bits per heavy atom. The molecule has 0 bridgehead atoms. The Kier molecular flexibility index (Phi) is 4.21. The molecule has 19 heavy (non-hydrogen) atoms. The molecule has 0 heterocycles. The normalized spacial score (nSPS) is 11.3. The maximum Gasteiger partial charge on any atom is 0.313 e. The average Bonchev–Trinajstić information content (AvgIpc) is 2.27. The Bertz CT molecular complexity index is 632. The predicted octanol–water partition coefficient (Wildman–Crippen LogP) is 3.50. The van der Waals surface area contributed by atoms with Crippen LogP contribution in [0.5, 0.6) is 5.75 Å². The maximum absolute atomic E-state index is 13.0. The Morgan fingerprint density at radius 1 is 1.11 bits per heavy atom. The number of hydrogen-bond acceptors (Lipinski definition) is 3. The van der Waals surface area contributed by atoms with Gasteiger partial charge in [0.2, 0.25) is 0 Å². The van der Waals surface area contributed by atoms with Crippen LogP contribution in [0.2, 0.25) is 0 Å². The molecule has 0 aliphatic heterocycles. The van der Waals surface area contributed by atoms with E-state index in [4.69, 9.17) is 4.18 Å².